The van der Waals surface area contributed by atoms with E-state index in [2.05, 4.69) is 4.74 Å². The summed E-state index contributed by atoms with van der Waals surface area (Å²) in [6.07, 6.45) is -1.09. The number of esters is 1. The van der Waals surface area contributed by atoms with Crippen LogP contribution in [0.2, 0.25) is 0 Å². The second-order valence-electron chi connectivity index (χ2n) is 4.18. The Morgan fingerprint density at radius 2 is 1.90 bits per heavy atom. The molecule has 0 aliphatic rings. The van der Waals surface area contributed by atoms with E-state index < -0.39 is 12.1 Å². The monoisotopic (exact) mass is 292 g/mol. The van der Waals surface area contributed by atoms with Crippen molar-refractivity contribution in [2.75, 3.05) is 21.3 Å². The van der Waals surface area contributed by atoms with Crippen LogP contribution in [0.5, 0.6) is 11.5 Å². The summed E-state index contributed by atoms with van der Waals surface area (Å²) < 4.78 is 20.3. The van der Waals surface area contributed by atoms with E-state index in [-0.39, 0.29) is 11.5 Å². The number of aliphatic hydroxyl groups is 1. The van der Waals surface area contributed by atoms with Crippen LogP contribution in [0.3, 0.4) is 0 Å². The normalized spacial score (nSPS) is 11.8. The first-order chi connectivity index (χ1) is 10.1. The van der Waals surface area contributed by atoms with Crippen molar-refractivity contribution in [3.8, 4) is 11.5 Å². The summed E-state index contributed by atoms with van der Waals surface area (Å²) in [5.74, 6) is 0.527. The van der Waals surface area contributed by atoms with E-state index in [1.807, 2.05) is 0 Å². The highest BCUT2D eigenvalue weighted by Gasteiger charge is 2.22. The molecule has 1 atom stereocenters. The zero-order chi connectivity index (χ0) is 15.4. The van der Waals surface area contributed by atoms with Gasteiger partial charge in [0.1, 0.15) is 11.9 Å². The lowest BCUT2D eigenvalue weighted by molar-refractivity contribution is 0.0558. The Balaban J connectivity index is 2.38. The Kier molecular flexibility index (Phi) is 4.49. The van der Waals surface area contributed by atoms with E-state index in [4.69, 9.17) is 13.9 Å². The number of benzene rings is 1. The highest BCUT2D eigenvalue weighted by atomic mass is 16.5. The fourth-order valence-corrected chi connectivity index (χ4v) is 1.99. The molecule has 2 aromatic rings. The van der Waals surface area contributed by atoms with Gasteiger partial charge in [-0.2, -0.15) is 0 Å². The maximum atomic E-state index is 11.4. The molecular formula is C15H16O6. The van der Waals surface area contributed by atoms with E-state index >= 15 is 0 Å². The van der Waals surface area contributed by atoms with Gasteiger partial charge in [0.05, 0.1) is 21.3 Å². The SMILES string of the molecule is COC(=O)c1ccc(C(O)c2cccc(OC)c2OC)o1. The Morgan fingerprint density at radius 3 is 2.52 bits per heavy atom. The number of furan rings is 1. The molecule has 0 saturated heterocycles. The molecule has 1 heterocycles. The van der Waals surface area contributed by atoms with Crippen LogP contribution in [0.4, 0.5) is 0 Å². The van der Waals surface area contributed by atoms with Crippen LogP contribution in [0.1, 0.15) is 28.0 Å². The molecule has 0 bridgehead atoms. The van der Waals surface area contributed by atoms with E-state index in [1.165, 1.54) is 33.5 Å². The number of carbonyl (C=O) groups is 1. The second kappa shape index (κ2) is 6.32. The number of hydrogen-bond acceptors (Lipinski definition) is 6. The van der Waals surface area contributed by atoms with Gasteiger partial charge in [0.15, 0.2) is 11.5 Å². The van der Waals surface area contributed by atoms with Gasteiger partial charge in [-0.3, -0.25) is 0 Å². The molecule has 0 aliphatic heterocycles. The molecule has 21 heavy (non-hydrogen) atoms. The van der Waals surface area contributed by atoms with E-state index in [1.54, 1.807) is 18.2 Å². The van der Waals surface area contributed by atoms with Crippen LogP contribution in [0, 0.1) is 0 Å². The second-order valence-corrected chi connectivity index (χ2v) is 4.18. The summed E-state index contributed by atoms with van der Waals surface area (Å²) >= 11 is 0. The van der Waals surface area contributed by atoms with Gasteiger partial charge >= 0.3 is 5.97 Å². The molecule has 0 fully saturated rings. The lowest BCUT2D eigenvalue weighted by atomic mass is 10.1. The van der Waals surface area contributed by atoms with Crippen molar-refractivity contribution >= 4 is 5.97 Å². The van der Waals surface area contributed by atoms with Crippen molar-refractivity contribution in [1.29, 1.82) is 0 Å². The number of aliphatic hydroxyl groups excluding tert-OH is 1. The summed E-state index contributed by atoms with van der Waals surface area (Å²) in [4.78, 5) is 11.4. The van der Waals surface area contributed by atoms with Crippen LogP contribution < -0.4 is 9.47 Å². The summed E-state index contributed by atoms with van der Waals surface area (Å²) in [7, 11) is 4.25. The summed E-state index contributed by atoms with van der Waals surface area (Å²) in [6.45, 7) is 0. The van der Waals surface area contributed by atoms with Crippen molar-refractivity contribution < 1.29 is 28.5 Å². The molecule has 0 aliphatic carbocycles. The van der Waals surface area contributed by atoms with E-state index in [9.17, 15) is 9.90 Å². The van der Waals surface area contributed by atoms with Gasteiger partial charge in [0.25, 0.3) is 0 Å². The average Bonchev–Trinajstić information content (AvgIpc) is 3.02. The van der Waals surface area contributed by atoms with Crippen LogP contribution in [0.25, 0.3) is 0 Å². The summed E-state index contributed by atoms with van der Waals surface area (Å²) in [6, 6.07) is 8.08. The van der Waals surface area contributed by atoms with Crippen LogP contribution in [-0.4, -0.2) is 32.4 Å². The Morgan fingerprint density at radius 1 is 1.14 bits per heavy atom. The minimum absolute atomic E-state index is 0.0217. The van der Waals surface area contributed by atoms with Crippen LogP contribution >= 0.6 is 0 Å². The van der Waals surface area contributed by atoms with Gasteiger partial charge in [0.2, 0.25) is 5.76 Å². The number of ether oxygens (including phenoxy) is 3. The van der Waals surface area contributed by atoms with Crippen molar-refractivity contribution in [1.82, 2.24) is 0 Å². The fraction of sp³-hybridized carbons (Fsp3) is 0.267. The smallest absolute Gasteiger partial charge is 0.373 e. The average molecular weight is 292 g/mol. The van der Waals surface area contributed by atoms with Gasteiger partial charge in [-0.1, -0.05) is 12.1 Å². The molecule has 0 spiro atoms. The highest BCUT2D eigenvalue weighted by Crippen LogP contribution is 2.37. The first-order valence-corrected chi connectivity index (χ1v) is 6.19. The molecule has 2 rings (SSSR count). The third-order valence-corrected chi connectivity index (χ3v) is 3.01. The number of hydrogen-bond donors (Lipinski definition) is 1. The van der Waals surface area contributed by atoms with Crippen molar-refractivity contribution in [2.24, 2.45) is 0 Å². The number of para-hydroxylation sites is 1. The molecule has 1 aromatic heterocycles. The lowest BCUT2D eigenvalue weighted by Gasteiger charge is -2.15. The highest BCUT2D eigenvalue weighted by molar-refractivity contribution is 5.86. The molecule has 6 nitrogen and oxygen atoms in total. The molecule has 1 unspecified atom stereocenters. The molecule has 112 valence electrons. The first kappa shape index (κ1) is 14.9. The molecule has 0 saturated carbocycles. The standard InChI is InChI=1S/C15H16O6/c1-18-11-6-4-5-9(14(11)19-2)13(16)10-7-8-12(21-10)15(17)20-3/h4-8,13,16H,1-3H3. The lowest BCUT2D eigenvalue weighted by Crippen LogP contribution is -2.03. The molecule has 0 radical (unpaired) electrons. The Labute approximate surface area is 121 Å². The van der Waals surface area contributed by atoms with Crippen molar-refractivity contribution in [3.05, 3.63) is 47.4 Å². The minimum atomic E-state index is -1.09. The topological polar surface area (TPSA) is 78.1 Å². The Bertz CT molecular complexity index is 631. The fourth-order valence-electron chi connectivity index (χ4n) is 1.99. The first-order valence-electron chi connectivity index (χ1n) is 6.19. The van der Waals surface area contributed by atoms with Gasteiger partial charge in [-0.15, -0.1) is 0 Å². The van der Waals surface area contributed by atoms with Crippen LogP contribution in [0.15, 0.2) is 34.7 Å². The quantitative estimate of drug-likeness (QED) is 0.851. The van der Waals surface area contributed by atoms with Gasteiger partial charge in [-0.25, -0.2) is 4.79 Å². The van der Waals surface area contributed by atoms with Gasteiger partial charge in [0, 0.05) is 5.56 Å². The summed E-state index contributed by atoms with van der Waals surface area (Å²) in [5.41, 5.74) is 0.475. The van der Waals surface area contributed by atoms with Gasteiger partial charge < -0.3 is 23.7 Å². The van der Waals surface area contributed by atoms with Crippen LogP contribution in [-0.2, 0) is 4.74 Å². The number of methoxy groups -OCH3 is 3. The van der Waals surface area contributed by atoms with E-state index in [0.717, 1.165) is 0 Å². The zero-order valence-corrected chi connectivity index (χ0v) is 12.0. The Hall–Kier alpha value is -2.47. The van der Waals surface area contributed by atoms with Crippen molar-refractivity contribution in [2.45, 2.75) is 6.10 Å². The molecule has 6 heteroatoms. The van der Waals surface area contributed by atoms with Crippen molar-refractivity contribution in [3.63, 3.8) is 0 Å². The number of carbonyl (C=O) groups excluding carboxylic acids is 1. The molecular weight excluding hydrogens is 276 g/mol. The zero-order valence-electron chi connectivity index (χ0n) is 12.0. The molecule has 0 amide bonds. The molecule has 1 aromatic carbocycles. The maximum absolute atomic E-state index is 11.4. The predicted octanol–water partition coefficient (Wildman–Crippen LogP) is 2.17. The maximum Gasteiger partial charge on any atom is 0.373 e. The summed E-state index contributed by atoms with van der Waals surface area (Å²) in [5, 5.41) is 10.4. The van der Waals surface area contributed by atoms with E-state index in [0.29, 0.717) is 17.1 Å². The number of rotatable bonds is 5. The van der Waals surface area contributed by atoms with Gasteiger partial charge in [-0.05, 0) is 18.2 Å². The predicted molar refractivity (Wildman–Crippen MR) is 73.7 cm³/mol. The minimum Gasteiger partial charge on any atom is -0.493 e. The third kappa shape index (κ3) is 2.85. The largest absolute Gasteiger partial charge is 0.493 e. The molecule has 1 N–H and O–H groups in total. The third-order valence-electron chi connectivity index (χ3n) is 3.01.